The van der Waals surface area contributed by atoms with Crippen molar-refractivity contribution in [1.82, 2.24) is 0 Å². The number of rotatable bonds is 4. The van der Waals surface area contributed by atoms with Gasteiger partial charge in [-0.25, -0.2) is 8.78 Å². The van der Waals surface area contributed by atoms with Crippen LogP contribution in [-0.2, 0) is 10.7 Å². The number of hydrogen-bond donors (Lipinski definition) is 1. The van der Waals surface area contributed by atoms with Crippen LogP contribution in [0.5, 0.6) is 0 Å². The molecule has 0 aliphatic heterocycles. The lowest BCUT2D eigenvalue weighted by Gasteiger charge is -2.14. The van der Waals surface area contributed by atoms with E-state index in [9.17, 15) is 23.7 Å². The van der Waals surface area contributed by atoms with Crippen LogP contribution in [0.4, 0.5) is 14.5 Å². The number of nitro groups is 1. The quantitative estimate of drug-likeness (QED) is 0.652. The van der Waals surface area contributed by atoms with Crippen molar-refractivity contribution in [3.8, 4) is 0 Å². The number of aliphatic carboxylic acids is 1. The molecule has 0 heterocycles. The Morgan fingerprint density at radius 1 is 1.53 bits per heavy atom. The van der Waals surface area contributed by atoms with E-state index in [0.29, 0.717) is 6.07 Å². The minimum atomic E-state index is -3.62. The van der Waals surface area contributed by atoms with E-state index in [1.54, 1.807) is 0 Å². The third kappa shape index (κ3) is 2.96. The normalized spacial score (nSPS) is 11.2. The Kier molecular flexibility index (Phi) is 3.40. The van der Waals surface area contributed by atoms with E-state index in [1.807, 2.05) is 0 Å². The smallest absolute Gasteiger partial charge is 0.309 e. The van der Waals surface area contributed by atoms with Gasteiger partial charge in [-0.3, -0.25) is 14.9 Å². The van der Waals surface area contributed by atoms with Crippen LogP contribution in [0.25, 0.3) is 0 Å². The van der Waals surface area contributed by atoms with Crippen LogP contribution in [0.15, 0.2) is 18.2 Å². The maximum atomic E-state index is 13.4. The fraction of sp³-hybridized carbons (Fsp3) is 0.300. The van der Waals surface area contributed by atoms with Crippen LogP contribution in [0.3, 0.4) is 0 Å². The van der Waals surface area contributed by atoms with Crippen molar-refractivity contribution in [3.63, 3.8) is 0 Å². The van der Waals surface area contributed by atoms with Gasteiger partial charge in [0.1, 0.15) is 6.42 Å². The van der Waals surface area contributed by atoms with Crippen molar-refractivity contribution in [2.24, 2.45) is 0 Å². The van der Waals surface area contributed by atoms with E-state index in [4.69, 9.17) is 5.11 Å². The van der Waals surface area contributed by atoms with Crippen LogP contribution in [0.2, 0.25) is 0 Å². The number of nitrogens with zero attached hydrogens (tertiary/aromatic N) is 1. The third-order valence-corrected chi connectivity index (χ3v) is 2.20. The monoisotopic (exact) mass is 245 g/mol. The van der Waals surface area contributed by atoms with E-state index in [0.717, 1.165) is 6.07 Å². The number of carbonyl (C=O) groups is 1. The topological polar surface area (TPSA) is 80.4 Å². The SMILES string of the molecule is Cc1ccc(C(F)(F)CC(=O)O)cc1[N+](=O)[O-]. The standard InChI is InChI=1S/C10H9F2NO4/c1-6-2-3-7(4-8(6)13(16)17)10(11,12)5-9(14)15/h2-4H,5H2,1H3,(H,14,15). The fourth-order valence-electron chi connectivity index (χ4n) is 1.33. The zero-order chi connectivity index (χ0) is 13.2. The summed E-state index contributed by atoms with van der Waals surface area (Å²) in [5.41, 5.74) is -0.880. The molecule has 1 aromatic rings. The van der Waals surface area contributed by atoms with Crippen molar-refractivity contribution < 1.29 is 23.6 Å². The predicted octanol–water partition coefficient (Wildman–Crippen LogP) is 2.47. The van der Waals surface area contributed by atoms with Crippen molar-refractivity contribution in [3.05, 3.63) is 39.4 Å². The molecule has 17 heavy (non-hydrogen) atoms. The maximum Gasteiger partial charge on any atom is 0.309 e. The van der Waals surface area contributed by atoms with Crippen molar-refractivity contribution in [2.75, 3.05) is 0 Å². The number of benzene rings is 1. The molecule has 1 rings (SSSR count). The Morgan fingerprint density at radius 2 is 2.12 bits per heavy atom. The highest BCUT2D eigenvalue weighted by atomic mass is 19.3. The second-order valence-corrected chi connectivity index (χ2v) is 3.53. The molecule has 0 aliphatic rings. The first-order chi connectivity index (χ1) is 7.74. The van der Waals surface area contributed by atoms with Crippen molar-refractivity contribution in [1.29, 1.82) is 0 Å². The zero-order valence-corrected chi connectivity index (χ0v) is 8.81. The first-order valence-corrected chi connectivity index (χ1v) is 4.59. The average molecular weight is 245 g/mol. The maximum absolute atomic E-state index is 13.4. The van der Waals surface area contributed by atoms with Gasteiger partial charge in [-0.05, 0) is 6.92 Å². The Bertz CT molecular complexity index is 473. The summed E-state index contributed by atoms with van der Waals surface area (Å²) in [7, 11) is 0. The summed E-state index contributed by atoms with van der Waals surface area (Å²) in [6, 6.07) is 2.87. The zero-order valence-electron chi connectivity index (χ0n) is 8.81. The van der Waals surface area contributed by atoms with Gasteiger partial charge in [0, 0.05) is 17.2 Å². The van der Waals surface area contributed by atoms with Gasteiger partial charge in [0.25, 0.3) is 11.6 Å². The number of halogens is 2. The number of hydrogen-bond acceptors (Lipinski definition) is 3. The molecule has 0 unspecified atom stereocenters. The number of alkyl halides is 2. The number of nitro benzene ring substituents is 1. The lowest BCUT2D eigenvalue weighted by Crippen LogP contribution is -2.18. The molecule has 1 N–H and O–H groups in total. The Hall–Kier alpha value is -2.05. The predicted molar refractivity (Wildman–Crippen MR) is 54.0 cm³/mol. The molecule has 0 radical (unpaired) electrons. The van der Waals surface area contributed by atoms with Crippen LogP contribution < -0.4 is 0 Å². The van der Waals surface area contributed by atoms with Gasteiger partial charge in [0.2, 0.25) is 0 Å². The molecule has 0 aliphatic carbocycles. The number of aryl methyl sites for hydroxylation is 1. The molecule has 0 amide bonds. The highest BCUT2D eigenvalue weighted by molar-refractivity contribution is 5.68. The first-order valence-electron chi connectivity index (χ1n) is 4.59. The molecule has 0 bridgehead atoms. The molecule has 0 spiro atoms. The first kappa shape index (κ1) is 13.0. The van der Waals surface area contributed by atoms with Crippen LogP contribution in [0, 0.1) is 17.0 Å². The molecule has 0 saturated carbocycles. The van der Waals surface area contributed by atoms with Crippen LogP contribution >= 0.6 is 0 Å². The second-order valence-electron chi connectivity index (χ2n) is 3.53. The molecular formula is C10H9F2NO4. The van der Waals surface area contributed by atoms with E-state index in [-0.39, 0.29) is 5.56 Å². The highest BCUT2D eigenvalue weighted by Gasteiger charge is 2.36. The van der Waals surface area contributed by atoms with Crippen molar-refractivity contribution in [2.45, 2.75) is 19.3 Å². The number of carboxylic acids is 1. The molecule has 92 valence electrons. The molecule has 0 aromatic heterocycles. The molecule has 0 saturated heterocycles. The highest BCUT2D eigenvalue weighted by Crippen LogP contribution is 2.34. The summed E-state index contributed by atoms with van der Waals surface area (Å²) in [4.78, 5) is 20.0. The lowest BCUT2D eigenvalue weighted by molar-refractivity contribution is -0.385. The number of carboxylic acid groups (broad SMARTS) is 1. The summed E-state index contributed by atoms with van der Waals surface area (Å²) in [5.74, 6) is -5.29. The van der Waals surface area contributed by atoms with Gasteiger partial charge in [-0.2, -0.15) is 0 Å². The lowest BCUT2D eigenvalue weighted by atomic mass is 10.0. The molecule has 1 aromatic carbocycles. The fourth-order valence-corrected chi connectivity index (χ4v) is 1.33. The van der Waals surface area contributed by atoms with Gasteiger partial charge in [0.15, 0.2) is 0 Å². The minimum Gasteiger partial charge on any atom is -0.481 e. The summed E-state index contributed by atoms with van der Waals surface area (Å²) >= 11 is 0. The van der Waals surface area contributed by atoms with E-state index >= 15 is 0 Å². The van der Waals surface area contributed by atoms with Crippen molar-refractivity contribution >= 4 is 11.7 Å². The third-order valence-electron chi connectivity index (χ3n) is 2.20. The van der Waals surface area contributed by atoms with Gasteiger partial charge in [-0.15, -0.1) is 0 Å². The van der Waals surface area contributed by atoms with Crippen LogP contribution in [-0.4, -0.2) is 16.0 Å². The van der Waals surface area contributed by atoms with E-state index in [1.165, 1.54) is 13.0 Å². The summed E-state index contributed by atoms with van der Waals surface area (Å²) in [6.07, 6.45) is -1.40. The molecule has 0 fully saturated rings. The van der Waals surface area contributed by atoms with Gasteiger partial charge >= 0.3 is 5.97 Å². The molecule has 0 atom stereocenters. The van der Waals surface area contributed by atoms with E-state index in [2.05, 4.69) is 0 Å². The Labute approximate surface area is 94.8 Å². The van der Waals surface area contributed by atoms with Gasteiger partial charge in [0.05, 0.1) is 4.92 Å². The molecular weight excluding hydrogens is 236 g/mol. The van der Waals surface area contributed by atoms with Crippen LogP contribution in [0.1, 0.15) is 17.5 Å². The average Bonchev–Trinajstić information content (AvgIpc) is 2.15. The summed E-state index contributed by atoms with van der Waals surface area (Å²) in [6.45, 7) is 1.41. The minimum absolute atomic E-state index is 0.241. The summed E-state index contributed by atoms with van der Waals surface area (Å²) < 4.78 is 26.8. The van der Waals surface area contributed by atoms with Gasteiger partial charge < -0.3 is 5.11 Å². The Balaban J connectivity index is 3.19. The Morgan fingerprint density at radius 3 is 2.59 bits per heavy atom. The molecule has 7 heteroatoms. The van der Waals surface area contributed by atoms with Gasteiger partial charge in [-0.1, -0.05) is 12.1 Å². The summed E-state index contributed by atoms with van der Waals surface area (Å²) in [5, 5.41) is 18.9. The largest absolute Gasteiger partial charge is 0.481 e. The second kappa shape index (κ2) is 4.44. The molecule has 5 nitrogen and oxygen atoms in total. The van der Waals surface area contributed by atoms with E-state index < -0.39 is 34.5 Å².